The van der Waals surface area contributed by atoms with Crippen LogP contribution in [-0.4, -0.2) is 69.2 Å². The number of esters is 4. The Labute approximate surface area is 217 Å². The van der Waals surface area contributed by atoms with E-state index in [1.165, 1.54) is 6.92 Å². The van der Waals surface area contributed by atoms with E-state index >= 15 is 0 Å². The average Bonchev–Trinajstić information content (AvgIpc) is 3.20. The SMILES string of the molecule is CC=C(C)C(=O)O[C@H]1C[C@H]2[C@@H]([C@H]1C)[C@@H]1OC(=O)[C@@](C)(O)[C@@]1(O)C(OC(=O)[C@@H](C)CC)C[C@]2(C)OC(C)=O. The van der Waals surface area contributed by atoms with Crippen LogP contribution in [0.5, 0.6) is 0 Å². The second-order valence-corrected chi connectivity index (χ2v) is 11.3. The first-order valence-electron chi connectivity index (χ1n) is 12.9. The second kappa shape index (κ2) is 10.0. The van der Waals surface area contributed by atoms with Gasteiger partial charge >= 0.3 is 23.9 Å². The second-order valence-electron chi connectivity index (χ2n) is 11.3. The fourth-order valence-electron chi connectivity index (χ4n) is 6.19. The number of aliphatic hydroxyl groups is 2. The molecule has 2 saturated carbocycles. The third-order valence-corrected chi connectivity index (χ3v) is 8.87. The summed E-state index contributed by atoms with van der Waals surface area (Å²) in [6.07, 6.45) is -1.22. The molecule has 0 spiro atoms. The smallest absolute Gasteiger partial charge is 0.341 e. The van der Waals surface area contributed by atoms with Gasteiger partial charge in [-0.3, -0.25) is 9.59 Å². The summed E-state index contributed by atoms with van der Waals surface area (Å²) in [6, 6.07) is 0. The van der Waals surface area contributed by atoms with Gasteiger partial charge in [0.15, 0.2) is 11.2 Å². The highest BCUT2D eigenvalue weighted by atomic mass is 16.6. The summed E-state index contributed by atoms with van der Waals surface area (Å²) in [5.74, 6) is -4.97. The van der Waals surface area contributed by atoms with Crippen LogP contribution in [0.2, 0.25) is 0 Å². The first-order chi connectivity index (χ1) is 17.0. The van der Waals surface area contributed by atoms with Crippen molar-refractivity contribution in [1.82, 2.24) is 0 Å². The van der Waals surface area contributed by atoms with Crippen molar-refractivity contribution in [1.29, 1.82) is 0 Å². The fourth-order valence-corrected chi connectivity index (χ4v) is 6.19. The molecule has 10 nitrogen and oxygen atoms in total. The standard InChI is InChI=1S/C27H40O10/c1-9-13(3)22(29)34-18-11-17-20(15(18)5)21-27(33,26(8,32)24(31)36-21)19(35-23(30)14(4)10-2)12-25(17,7)37-16(6)28/h9,14-15,17-21,32-33H,10-12H2,1-8H3/t14-,15-,17-,18-,19?,20+,21-,25-,26+,27+/m0/s1. The Bertz CT molecular complexity index is 986. The molecule has 208 valence electrons. The van der Waals surface area contributed by atoms with Crippen molar-refractivity contribution in [3.8, 4) is 0 Å². The van der Waals surface area contributed by atoms with Crippen LogP contribution in [-0.2, 0) is 38.1 Å². The molecule has 0 aromatic rings. The van der Waals surface area contributed by atoms with E-state index in [0.29, 0.717) is 12.0 Å². The zero-order chi connectivity index (χ0) is 28.1. The zero-order valence-corrected chi connectivity index (χ0v) is 22.9. The fraction of sp³-hybridized carbons (Fsp3) is 0.778. The number of ether oxygens (including phenoxy) is 4. The van der Waals surface area contributed by atoms with E-state index < -0.39 is 82.7 Å². The molecule has 0 bridgehead atoms. The predicted molar refractivity (Wildman–Crippen MR) is 130 cm³/mol. The Kier molecular flexibility index (Phi) is 7.88. The minimum Gasteiger partial charge on any atom is -0.459 e. The zero-order valence-electron chi connectivity index (χ0n) is 22.9. The number of fused-ring (bicyclic) bond motifs is 3. The van der Waals surface area contributed by atoms with Crippen LogP contribution in [0.4, 0.5) is 0 Å². The molecule has 1 aliphatic heterocycles. The van der Waals surface area contributed by atoms with Crippen molar-refractivity contribution in [2.24, 2.45) is 23.7 Å². The lowest BCUT2D eigenvalue weighted by atomic mass is 9.72. The number of allylic oxidation sites excluding steroid dienone is 1. The summed E-state index contributed by atoms with van der Waals surface area (Å²) >= 11 is 0. The normalized spacial score (nSPS) is 42.1. The van der Waals surface area contributed by atoms with Crippen LogP contribution in [0.15, 0.2) is 11.6 Å². The van der Waals surface area contributed by atoms with Crippen molar-refractivity contribution >= 4 is 23.9 Å². The van der Waals surface area contributed by atoms with Crippen LogP contribution in [0, 0.1) is 23.7 Å². The van der Waals surface area contributed by atoms with E-state index in [-0.39, 0.29) is 12.8 Å². The average molecular weight is 525 g/mol. The maximum absolute atomic E-state index is 12.9. The monoisotopic (exact) mass is 524 g/mol. The summed E-state index contributed by atoms with van der Waals surface area (Å²) in [5.41, 5.74) is -5.64. The summed E-state index contributed by atoms with van der Waals surface area (Å²) < 4.78 is 23.0. The molecular weight excluding hydrogens is 484 g/mol. The molecule has 1 saturated heterocycles. The van der Waals surface area contributed by atoms with Gasteiger partial charge in [0.25, 0.3) is 0 Å². The van der Waals surface area contributed by atoms with Crippen molar-refractivity contribution in [3.05, 3.63) is 11.6 Å². The Hall–Kier alpha value is -2.46. The Morgan fingerprint density at radius 3 is 2.35 bits per heavy atom. The van der Waals surface area contributed by atoms with Crippen LogP contribution < -0.4 is 0 Å². The van der Waals surface area contributed by atoms with Gasteiger partial charge in [-0.1, -0.05) is 26.8 Å². The molecule has 10 atom stereocenters. The van der Waals surface area contributed by atoms with Crippen molar-refractivity contribution in [2.45, 2.75) is 110 Å². The van der Waals surface area contributed by atoms with Crippen molar-refractivity contribution in [3.63, 3.8) is 0 Å². The molecule has 2 aliphatic carbocycles. The first kappa shape index (κ1) is 29.1. The van der Waals surface area contributed by atoms with E-state index in [9.17, 15) is 29.4 Å². The van der Waals surface area contributed by atoms with Gasteiger partial charge in [0.2, 0.25) is 0 Å². The molecule has 37 heavy (non-hydrogen) atoms. The maximum atomic E-state index is 12.9. The van der Waals surface area contributed by atoms with E-state index in [0.717, 1.165) is 6.92 Å². The molecule has 0 amide bonds. The lowest BCUT2D eigenvalue weighted by molar-refractivity contribution is -0.216. The van der Waals surface area contributed by atoms with Crippen molar-refractivity contribution in [2.75, 3.05) is 0 Å². The molecule has 3 aliphatic rings. The number of rotatable bonds is 6. The molecule has 3 fully saturated rings. The third kappa shape index (κ3) is 4.67. The van der Waals surface area contributed by atoms with Gasteiger partial charge in [0, 0.05) is 36.7 Å². The van der Waals surface area contributed by atoms with Gasteiger partial charge in [0.1, 0.15) is 23.9 Å². The Morgan fingerprint density at radius 2 is 1.81 bits per heavy atom. The summed E-state index contributed by atoms with van der Waals surface area (Å²) in [7, 11) is 0. The topological polar surface area (TPSA) is 146 Å². The third-order valence-electron chi connectivity index (χ3n) is 8.87. The number of carbonyl (C=O) groups is 4. The molecular formula is C27H40O10. The van der Waals surface area contributed by atoms with Gasteiger partial charge in [-0.2, -0.15) is 0 Å². The molecule has 2 N–H and O–H groups in total. The Morgan fingerprint density at radius 1 is 1.19 bits per heavy atom. The first-order valence-corrected chi connectivity index (χ1v) is 12.9. The van der Waals surface area contributed by atoms with Gasteiger partial charge in [-0.15, -0.1) is 0 Å². The largest absolute Gasteiger partial charge is 0.459 e. The van der Waals surface area contributed by atoms with E-state index in [1.54, 1.807) is 47.6 Å². The molecule has 0 radical (unpaired) electrons. The number of hydrogen-bond acceptors (Lipinski definition) is 10. The highest BCUT2D eigenvalue weighted by Crippen LogP contribution is 2.59. The number of hydrogen-bond donors (Lipinski definition) is 2. The molecule has 10 heteroatoms. The predicted octanol–water partition coefficient (Wildman–Crippen LogP) is 2.23. The minimum absolute atomic E-state index is 0.197. The van der Waals surface area contributed by atoms with Crippen LogP contribution in [0.3, 0.4) is 0 Å². The molecule has 1 heterocycles. The molecule has 0 aromatic heterocycles. The summed E-state index contributed by atoms with van der Waals surface area (Å²) in [6.45, 7) is 12.7. The highest BCUT2D eigenvalue weighted by molar-refractivity contribution is 5.87. The van der Waals surface area contributed by atoms with E-state index in [4.69, 9.17) is 18.9 Å². The summed E-state index contributed by atoms with van der Waals surface area (Å²) in [4.78, 5) is 50.6. The lowest BCUT2D eigenvalue weighted by Crippen LogP contribution is -2.65. The summed E-state index contributed by atoms with van der Waals surface area (Å²) in [5, 5.41) is 23.4. The molecule has 3 rings (SSSR count). The molecule has 0 aromatic carbocycles. The van der Waals surface area contributed by atoms with Crippen molar-refractivity contribution < 1.29 is 48.3 Å². The van der Waals surface area contributed by atoms with Crippen LogP contribution in [0.25, 0.3) is 0 Å². The minimum atomic E-state index is -2.42. The van der Waals surface area contributed by atoms with Crippen LogP contribution in [0.1, 0.15) is 74.7 Å². The Balaban J connectivity index is 2.15. The van der Waals surface area contributed by atoms with E-state index in [2.05, 4.69) is 0 Å². The van der Waals surface area contributed by atoms with Gasteiger partial charge < -0.3 is 29.2 Å². The highest BCUT2D eigenvalue weighted by Gasteiger charge is 2.76. The molecule has 1 unspecified atom stereocenters. The maximum Gasteiger partial charge on any atom is 0.341 e. The lowest BCUT2D eigenvalue weighted by Gasteiger charge is -2.42. The quantitative estimate of drug-likeness (QED) is 0.301. The van der Waals surface area contributed by atoms with Crippen LogP contribution >= 0.6 is 0 Å². The van der Waals surface area contributed by atoms with E-state index in [1.807, 2.05) is 0 Å². The van der Waals surface area contributed by atoms with Gasteiger partial charge in [-0.05, 0) is 40.5 Å². The van der Waals surface area contributed by atoms with Gasteiger partial charge in [-0.25, -0.2) is 9.59 Å². The van der Waals surface area contributed by atoms with Gasteiger partial charge in [0.05, 0.1) is 5.92 Å². The number of carbonyl (C=O) groups excluding carboxylic acids is 4.